The number of ether oxygens (including phenoxy) is 2. The number of pyridine rings is 2. The zero-order valence-electron chi connectivity index (χ0n) is 34.7. The quantitative estimate of drug-likeness (QED) is 0.114. The number of carbonyl (C=O) groups excluding carboxylic acids is 2. The van der Waals surface area contributed by atoms with Crippen molar-refractivity contribution in [2.45, 2.75) is 78.6 Å². The van der Waals surface area contributed by atoms with Gasteiger partial charge in [0.15, 0.2) is 0 Å². The molecule has 324 valence electrons. The predicted molar refractivity (Wildman–Crippen MR) is 227 cm³/mol. The van der Waals surface area contributed by atoms with Crippen molar-refractivity contribution in [1.82, 2.24) is 61.0 Å². The van der Waals surface area contributed by atoms with Crippen molar-refractivity contribution in [2.75, 3.05) is 13.1 Å². The van der Waals surface area contributed by atoms with Gasteiger partial charge >= 0.3 is 19.2 Å². The van der Waals surface area contributed by atoms with Crippen LogP contribution in [-0.2, 0) is 29.0 Å². The SMILES string of the molecule is Brc1ccc(-c2nnn(Cc3cccnc3)n2)cc1.CC(C)(C)OC(=O)NCC[B-](F)(F)F.CC(C)(C)OC(=O)NCCc1ccc(-c2nnn(Cc3cccnc3)n2)cc1. The maximum Gasteiger partial charge on any atom is 0.480 e. The molecule has 0 saturated carbocycles. The van der Waals surface area contributed by atoms with Gasteiger partial charge in [-0.15, -0.1) is 20.4 Å². The zero-order valence-corrected chi connectivity index (χ0v) is 36.3. The molecule has 61 heavy (non-hydrogen) atoms. The molecule has 0 aliphatic rings. The molecule has 0 saturated heterocycles. The van der Waals surface area contributed by atoms with E-state index in [9.17, 15) is 22.5 Å². The minimum absolute atomic E-state index is 0.404. The first-order chi connectivity index (χ1) is 28.8. The summed E-state index contributed by atoms with van der Waals surface area (Å²) in [5.41, 5.74) is 3.81. The Kier molecular flexibility index (Phi) is 17.4. The molecular formula is C40H48BBrF3N12O4-. The topological polar surface area (TPSA) is 190 Å². The van der Waals surface area contributed by atoms with E-state index in [0.717, 1.165) is 32.3 Å². The van der Waals surface area contributed by atoms with Gasteiger partial charge in [-0.25, -0.2) is 9.59 Å². The van der Waals surface area contributed by atoms with Crippen LogP contribution >= 0.6 is 15.9 Å². The highest BCUT2D eigenvalue weighted by atomic mass is 79.9. The Balaban J connectivity index is 0.000000216. The molecule has 2 aromatic carbocycles. The molecule has 21 heteroatoms. The lowest BCUT2D eigenvalue weighted by atomic mass is 9.86. The fraction of sp³-hybridized carbons (Fsp3) is 0.350. The number of hydrogen-bond acceptors (Lipinski definition) is 12. The highest BCUT2D eigenvalue weighted by Gasteiger charge is 2.23. The molecule has 0 aliphatic heterocycles. The normalized spacial score (nSPS) is 11.3. The third-order valence-electron chi connectivity index (χ3n) is 7.54. The summed E-state index contributed by atoms with van der Waals surface area (Å²) in [5, 5.41) is 29.9. The van der Waals surface area contributed by atoms with Gasteiger partial charge in [-0.05, 0) is 118 Å². The van der Waals surface area contributed by atoms with Gasteiger partial charge in [-0.2, -0.15) is 9.59 Å². The fourth-order valence-corrected chi connectivity index (χ4v) is 5.12. The Hall–Kier alpha value is -6.25. The predicted octanol–water partition coefficient (Wildman–Crippen LogP) is 7.76. The van der Waals surface area contributed by atoms with Crippen LogP contribution in [0.5, 0.6) is 0 Å². The molecule has 0 atom stereocenters. The summed E-state index contributed by atoms with van der Waals surface area (Å²) in [4.78, 5) is 33.8. The van der Waals surface area contributed by atoms with Crippen LogP contribution in [0.2, 0.25) is 6.32 Å². The van der Waals surface area contributed by atoms with Crippen molar-refractivity contribution >= 4 is 35.1 Å². The minimum atomic E-state index is -4.84. The second-order valence-corrected chi connectivity index (χ2v) is 16.2. The summed E-state index contributed by atoms with van der Waals surface area (Å²) in [5.74, 6) is 1.19. The van der Waals surface area contributed by atoms with Gasteiger partial charge in [0.2, 0.25) is 11.6 Å². The van der Waals surface area contributed by atoms with Crippen molar-refractivity contribution in [3.05, 3.63) is 119 Å². The second-order valence-electron chi connectivity index (χ2n) is 15.3. The number of hydrogen-bond donors (Lipinski definition) is 2. The third-order valence-corrected chi connectivity index (χ3v) is 8.06. The first-order valence-corrected chi connectivity index (χ1v) is 19.9. The molecule has 0 aliphatic carbocycles. The van der Waals surface area contributed by atoms with Gasteiger partial charge in [0.1, 0.15) is 11.2 Å². The fourth-order valence-electron chi connectivity index (χ4n) is 4.86. The van der Waals surface area contributed by atoms with Crippen molar-refractivity contribution in [2.24, 2.45) is 0 Å². The Labute approximate surface area is 360 Å². The molecular weight excluding hydrogens is 860 g/mol. The minimum Gasteiger partial charge on any atom is -0.449 e. The van der Waals surface area contributed by atoms with Crippen LogP contribution in [0.15, 0.2) is 102 Å². The lowest BCUT2D eigenvalue weighted by molar-refractivity contribution is 0.0517. The van der Waals surface area contributed by atoms with E-state index < -0.39 is 43.2 Å². The van der Waals surface area contributed by atoms with E-state index in [1.165, 1.54) is 0 Å². The van der Waals surface area contributed by atoms with Gasteiger partial charge in [0.25, 0.3) is 0 Å². The van der Waals surface area contributed by atoms with Crippen LogP contribution in [0.3, 0.4) is 0 Å². The summed E-state index contributed by atoms with van der Waals surface area (Å²) in [6.07, 6.45) is 5.54. The van der Waals surface area contributed by atoms with Crippen molar-refractivity contribution in [1.29, 1.82) is 0 Å². The van der Waals surface area contributed by atoms with Gasteiger partial charge in [-0.1, -0.05) is 58.6 Å². The smallest absolute Gasteiger partial charge is 0.449 e. The molecule has 0 unspecified atom stereocenters. The van der Waals surface area contributed by atoms with E-state index in [1.54, 1.807) is 55.2 Å². The number of nitrogens with zero attached hydrogens (tertiary/aromatic N) is 10. The number of amides is 2. The molecule has 0 bridgehead atoms. The second kappa shape index (κ2) is 22.4. The third kappa shape index (κ3) is 19.1. The Morgan fingerprint density at radius 3 is 1.51 bits per heavy atom. The van der Waals surface area contributed by atoms with E-state index in [4.69, 9.17) is 9.47 Å². The maximum atomic E-state index is 11.7. The lowest BCUT2D eigenvalue weighted by Gasteiger charge is -2.20. The highest BCUT2D eigenvalue weighted by molar-refractivity contribution is 9.10. The van der Waals surface area contributed by atoms with Crippen LogP contribution < -0.4 is 10.6 Å². The van der Waals surface area contributed by atoms with Crippen LogP contribution in [0, 0.1) is 0 Å². The summed E-state index contributed by atoms with van der Waals surface area (Å²) in [7, 11) is 0. The monoisotopic (exact) mass is 907 g/mol. The average molecular weight is 909 g/mol. The van der Waals surface area contributed by atoms with Crippen LogP contribution in [-0.4, -0.2) is 93.8 Å². The number of carbonyl (C=O) groups is 2. The molecule has 0 radical (unpaired) electrons. The molecule has 4 heterocycles. The lowest BCUT2D eigenvalue weighted by Crippen LogP contribution is -2.34. The molecule has 6 aromatic rings. The van der Waals surface area contributed by atoms with Gasteiger partial charge in [0.05, 0.1) is 13.1 Å². The number of alkyl carbamates (subject to hydrolysis) is 2. The number of nitrogens with one attached hydrogen (secondary N) is 2. The Morgan fingerprint density at radius 1 is 0.656 bits per heavy atom. The molecule has 0 fully saturated rings. The maximum absolute atomic E-state index is 11.7. The first-order valence-electron chi connectivity index (χ1n) is 19.1. The standard InChI is InChI=1S/C20H24N6O2.C13H10BrN5.C7H14BF3NO2/c1-20(2,3)28-19(27)22-12-10-15-6-8-17(9-7-15)18-23-25-26(24-18)14-16-5-4-11-21-13-16;14-12-5-3-11(4-6-12)13-16-18-19(17-13)9-10-2-1-7-15-8-10;1-7(2,3)14-6(13)12-5-4-8(9,10)11/h4-9,11,13H,10,12,14H2,1-3H3,(H,22,27);1-8H,9H2;4-5H2,1-3H3,(H,12,13)/q;;-1. The number of aromatic nitrogens is 10. The first kappa shape index (κ1) is 47.4. The van der Waals surface area contributed by atoms with Gasteiger partial charge < -0.3 is 33.1 Å². The van der Waals surface area contributed by atoms with E-state index in [0.29, 0.717) is 37.7 Å². The van der Waals surface area contributed by atoms with Crippen LogP contribution in [0.25, 0.3) is 22.8 Å². The highest BCUT2D eigenvalue weighted by Crippen LogP contribution is 2.18. The Morgan fingerprint density at radius 2 is 1.10 bits per heavy atom. The Bertz CT molecular complexity index is 2230. The van der Waals surface area contributed by atoms with Crippen LogP contribution in [0.1, 0.15) is 58.2 Å². The molecule has 4 aromatic heterocycles. The van der Waals surface area contributed by atoms with E-state index in [2.05, 4.69) is 62.0 Å². The zero-order chi connectivity index (χ0) is 44.5. The van der Waals surface area contributed by atoms with Crippen molar-refractivity contribution < 1.29 is 32.0 Å². The number of rotatable bonds is 12. The van der Waals surface area contributed by atoms with Crippen molar-refractivity contribution in [3.8, 4) is 22.8 Å². The molecule has 2 amide bonds. The molecule has 16 nitrogen and oxygen atoms in total. The summed E-state index contributed by atoms with van der Waals surface area (Å²) in [6.45, 7) is 6.76. The summed E-state index contributed by atoms with van der Waals surface area (Å²) < 4.78 is 46.1. The number of halogens is 4. The largest absolute Gasteiger partial charge is 0.480 e. The molecule has 2 N–H and O–H groups in total. The molecule has 6 rings (SSSR count). The number of benzene rings is 2. The summed E-state index contributed by atoms with van der Waals surface area (Å²) >= 11 is 3.40. The number of tetrazole rings is 2. The van der Waals surface area contributed by atoms with E-state index >= 15 is 0 Å². The van der Waals surface area contributed by atoms with Crippen LogP contribution in [0.4, 0.5) is 22.5 Å². The van der Waals surface area contributed by atoms with Gasteiger partial charge in [-0.3, -0.25) is 9.97 Å². The van der Waals surface area contributed by atoms with E-state index in [1.807, 2.05) is 98.9 Å². The van der Waals surface area contributed by atoms with E-state index in [-0.39, 0.29) is 0 Å². The van der Waals surface area contributed by atoms with Crippen molar-refractivity contribution in [3.63, 3.8) is 0 Å². The van der Waals surface area contributed by atoms with Gasteiger partial charge in [0, 0.05) is 46.9 Å². The molecule has 0 spiro atoms. The summed E-state index contributed by atoms with van der Waals surface area (Å²) in [6, 6.07) is 23.4. The average Bonchev–Trinajstić information content (AvgIpc) is 3.85.